The molecular weight excluding hydrogens is 370 g/mol. The Morgan fingerprint density at radius 3 is 2.83 bits per heavy atom. The van der Waals surface area contributed by atoms with Crippen LogP contribution in [0.1, 0.15) is 35.8 Å². The molecule has 3 heterocycles. The van der Waals surface area contributed by atoms with Crippen LogP contribution in [-0.2, 0) is 9.53 Å². The Labute approximate surface area is 168 Å². The molecule has 1 aliphatic rings. The maximum absolute atomic E-state index is 13.5. The lowest BCUT2D eigenvalue weighted by molar-refractivity contribution is -0.149. The third-order valence-corrected chi connectivity index (χ3v) is 5.25. The first kappa shape index (κ1) is 19.1. The molecule has 150 valence electrons. The quantitative estimate of drug-likeness (QED) is 0.630. The number of amides is 1. The van der Waals surface area contributed by atoms with Crippen molar-refractivity contribution >= 4 is 23.0 Å². The van der Waals surface area contributed by atoms with Crippen molar-refractivity contribution in [2.24, 2.45) is 5.92 Å². The highest BCUT2D eigenvalue weighted by molar-refractivity contribution is 6.07. The molecule has 2 aromatic heterocycles. The van der Waals surface area contributed by atoms with E-state index in [0.717, 1.165) is 18.4 Å². The zero-order chi connectivity index (χ0) is 20.4. The number of benzene rings is 1. The molecule has 7 heteroatoms. The molecule has 1 aromatic carbocycles. The number of ether oxygens (including phenoxy) is 1. The standard InChI is InChI=1S/C22H23N3O4/c1-3-28-22(27)16-10-7-11-25(13-16)21(26)17-12-18(15-8-5-4-6-9-15)23-20-19(17)14(2)24-29-20/h4-6,8-9,12,16H,3,7,10-11,13H2,1-2H3/t16-/m0/s1. The van der Waals surface area contributed by atoms with E-state index in [-0.39, 0.29) is 17.8 Å². The Morgan fingerprint density at radius 2 is 2.07 bits per heavy atom. The van der Waals surface area contributed by atoms with Crippen molar-refractivity contribution in [3.63, 3.8) is 0 Å². The Kier molecular flexibility index (Phi) is 5.29. The largest absolute Gasteiger partial charge is 0.466 e. The third-order valence-electron chi connectivity index (χ3n) is 5.25. The maximum Gasteiger partial charge on any atom is 0.310 e. The molecule has 0 saturated carbocycles. The molecule has 7 nitrogen and oxygen atoms in total. The molecule has 0 N–H and O–H groups in total. The third kappa shape index (κ3) is 3.72. The van der Waals surface area contributed by atoms with E-state index in [1.165, 1.54) is 0 Å². The first-order valence-corrected chi connectivity index (χ1v) is 9.86. The van der Waals surface area contributed by atoms with Crippen molar-refractivity contribution in [2.45, 2.75) is 26.7 Å². The topological polar surface area (TPSA) is 85.5 Å². The number of aryl methyl sites for hydroxylation is 1. The minimum Gasteiger partial charge on any atom is -0.466 e. The smallest absolute Gasteiger partial charge is 0.310 e. The average molecular weight is 393 g/mol. The number of piperidine rings is 1. The van der Waals surface area contributed by atoms with Crippen LogP contribution in [0.4, 0.5) is 0 Å². The van der Waals surface area contributed by atoms with Gasteiger partial charge in [0.15, 0.2) is 0 Å². The Hall–Kier alpha value is -3.22. The molecule has 1 saturated heterocycles. The second-order valence-corrected chi connectivity index (χ2v) is 7.21. The average Bonchev–Trinajstić information content (AvgIpc) is 3.14. The van der Waals surface area contributed by atoms with Crippen molar-refractivity contribution in [1.29, 1.82) is 0 Å². The highest BCUT2D eigenvalue weighted by Crippen LogP contribution is 2.29. The van der Waals surface area contributed by atoms with E-state index >= 15 is 0 Å². The lowest BCUT2D eigenvalue weighted by Crippen LogP contribution is -2.42. The SMILES string of the molecule is CCOC(=O)[C@H]1CCCN(C(=O)c2cc(-c3ccccc3)nc3onc(C)c23)C1. The van der Waals surface area contributed by atoms with Crippen LogP contribution in [0.2, 0.25) is 0 Å². The van der Waals surface area contributed by atoms with Gasteiger partial charge < -0.3 is 14.2 Å². The molecule has 0 unspecified atom stereocenters. The summed E-state index contributed by atoms with van der Waals surface area (Å²) in [6.07, 6.45) is 1.49. The predicted molar refractivity (Wildman–Crippen MR) is 107 cm³/mol. The normalized spacial score (nSPS) is 16.8. The summed E-state index contributed by atoms with van der Waals surface area (Å²) in [7, 11) is 0. The van der Waals surface area contributed by atoms with Crippen LogP contribution in [0.3, 0.4) is 0 Å². The van der Waals surface area contributed by atoms with Crippen molar-refractivity contribution in [3.05, 3.63) is 47.7 Å². The summed E-state index contributed by atoms with van der Waals surface area (Å²) in [6.45, 7) is 4.88. The van der Waals surface area contributed by atoms with Crippen LogP contribution >= 0.6 is 0 Å². The number of hydrogen-bond acceptors (Lipinski definition) is 6. The van der Waals surface area contributed by atoms with Crippen LogP contribution < -0.4 is 0 Å². The minimum absolute atomic E-state index is 0.144. The van der Waals surface area contributed by atoms with Gasteiger partial charge in [0.05, 0.1) is 34.9 Å². The van der Waals surface area contributed by atoms with Gasteiger partial charge >= 0.3 is 5.97 Å². The Bertz CT molecular complexity index is 1040. The van der Waals surface area contributed by atoms with E-state index in [1.54, 1.807) is 24.8 Å². The summed E-state index contributed by atoms with van der Waals surface area (Å²) in [5.41, 5.74) is 3.00. The molecule has 3 aromatic rings. The van der Waals surface area contributed by atoms with E-state index in [0.29, 0.717) is 47.7 Å². The number of rotatable bonds is 4. The Morgan fingerprint density at radius 1 is 1.28 bits per heavy atom. The van der Waals surface area contributed by atoms with Gasteiger partial charge in [-0.15, -0.1) is 0 Å². The van der Waals surface area contributed by atoms with Gasteiger partial charge in [-0.1, -0.05) is 35.5 Å². The van der Waals surface area contributed by atoms with Gasteiger partial charge in [0.1, 0.15) is 0 Å². The number of nitrogens with zero attached hydrogens (tertiary/aromatic N) is 3. The van der Waals surface area contributed by atoms with E-state index < -0.39 is 0 Å². The van der Waals surface area contributed by atoms with Crippen LogP contribution in [0, 0.1) is 12.8 Å². The van der Waals surface area contributed by atoms with Gasteiger partial charge in [0.2, 0.25) is 0 Å². The van der Waals surface area contributed by atoms with Crippen molar-refractivity contribution < 1.29 is 18.8 Å². The molecule has 1 fully saturated rings. The zero-order valence-electron chi connectivity index (χ0n) is 16.6. The summed E-state index contributed by atoms with van der Waals surface area (Å²) in [5.74, 6) is -0.673. The molecule has 29 heavy (non-hydrogen) atoms. The number of carbonyl (C=O) groups is 2. The number of carbonyl (C=O) groups excluding carboxylic acids is 2. The molecule has 0 aliphatic carbocycles. The second-order valence-electron chi connectivity index (χ2n) is 7.21. The predicted octanol–water partition coefficient (Wildman–Crippen LogP) is 3.61. The number of likely N-dealkylation sites (tertiary alicyclic amines) is 1. The molecular formula is C22H23N3O4. The summed E-state index contributed by atoms with van der Waals surface area (Å²) < 4.78 is 10.5. The molecule has 1 aliphatic heterocycles. The van der Waals surface area contributed by atoms with Gasteiger partial charge in [-0.3, -0.25) is 9.59 Å². The van der Waals surface area contributed by atoms with E-state index in [2.05, 4.69) is 10.1 Å². The van der Waals surface area contributed by atoms with Gasteiger partial charge in [0, 0.05) is 18.7 Å². The van der Waals surface area contributed by atoms with Crippen molar-refractivity contribution in [1.82, 2.24) is 15.0 Å². The van der Waals surface area contributed by atoms with E-state index in [4.69, 9.17) is 9.26 Å². The molecule has 0 bridgehead atoms. The zero-order valence-corrected chi connectivity index (χ0v) is 16.6. The van der Waals surface area contributed by atoms with E-state index in [9.17, 15) is 9.59 Å². The summed E-state index contributed by atoms with van der Waals surface area (Å²) in [4.78, 5) is 31.9. The molecule has 4 rings (SSSR count). The maximum atomic E-state index is 13.5. The summed E-state index contributed by atoms with van der Waals surface area (Å²) >= 11 is 0. The number of hydrogen-bond donors (Lipinski definition) is 0. The van der Waals surface area contributed by atoms with E-state index in [1.807, 2.05) is 30.3 Å². The summed E-state index contributed by atoms with van der Waals surface area (Å²) in [5, 5.41) is 4.62. The van der Waals surface area contributed by atoms with Gasteiger partial charge in [-0.05, 0) is 32.8 Å². The molecule has 0 spiro atoms. The number of aromatic nitrogens is 2. The lowest BCUT2D eigenvalue weighted by atomic mass is 9.96. The molecule has 0 radical (unpaired) electrons. The Balaban J connectivity index is 1.71. The molecule has 1 amide bonds. The van der Waals surface area contributed by atoms with Crippen LogP contribution in [0.15, 0.2) is 40.9 Å². The first-order valence-electron chi connectivity index (χ1n) is 9.86. The fourth-order valence-corrected chi connectivity index (χ4v) is 3.80. The van der Waals surface area contributed by atoms with Gasteiger partial charge in [0.25, 0.3) is 11.6 Å². The number of esters is 1. The van der Waals surface area contributed by atoms with Crippen molar-refractivity contribution in [3.8, 4) is 11.3 Å². The monoisotopic (exact) mass is 393 g/mol. The first-order chi connectivity index (χ1) is 14.1. The van der Waals surface area contributed by atoms with Crippen LogP contribution in [0.25, 0.3) is 22.4 Å². The van der Waals surface area contributed by atoms with Crippen LogP contribution in [0.5, 0.6) is 0 Å². The minimum atomic E-state index is -0.290. The van der Waals surface area contributed by atoms with Crippen LogP contribution in [-0.4, -0.2) is 46.6 Å². The highest BCUT2D eigenvalue weighted by Gasteiger charge is 2.31. The fraction of sp³-hybridized carbons (Fsp3) is 0.364. The second kappa shape index (κ2) is 8.03. The summed E-state index contributed by atoms with van der Waals surface area (Å²) in [6, 6.07) is 11.4. The molecule has 1 atom stereocenters. The highest BCUT2D eigenvalue weighted by atomic mass is 16.5. The number of fused-ring (bicyclic) bond motifs is 1. The van der Waals surface area contributed by atoms with Gasteiger partial charge in [-0.2, -0.15) is 0 Å². The number of pyridine rings is 1. The fourth-order valence-electron chi connectivity index (χ4n) is 3.80. The lowest BCUT2D eigenvalue weighted by Gasteiger charge is -2.31. The van der Waals surface area contributed by atoms with Crippen molar-refractivity contribution in [2.75, 3.05) is 19.7 Å². The van der Waals surface area contributed by atoms with Gasteiger partial charge in [-0.25, -0.2) is 4.98 Å².